The lowest BCUT2D eigenvalue weighted by molar-refractivity contribution is 0.195. The lowest BCUT2D eigenvalue weighted by Crippen LogP contribution is -2.42. The van der Waals surface area contributed by atoms with Crippen LogP contribution in [0.25, 0.3) is 10.9 Å². The number of aryl methyl sites for hydroxylation is 1. The number of aromatic nitrogens is 1. The molecule has 0 atom stereocenters. The lowest BCUT2D eigenvalue weighted by Gasteiger charge is -2.26. The van der Waals surface area contributed by atoms with Gasteiger partial charge in [0.1, 0.15) is 0 Å². The van der Waals surface area contributed by atoms with Crippen molar-refractivity contribution in [1.29, 1.82) is 0 Å². The van der Waals surface area contributed by atoms with Gasteiger partial charge in [-0.05, 0) is 49.7 Å². The number of nitrogens with zero attached hydrogens (tertiary/aromatic N) is 1. The number of thiocarbonyl (C=S) groups is 1. The second-order valence-electron chi connectivity index (χ2n) is 8.16. The maximum atomic E-state index is 12.9. The number of H-pyrrole nitrogens is 1. The van der Waals surface area contributed by atoms with Gasteiger partial charge in [-0.15, -0.1) is 0 Å². The van der Waals surface area contributed by atoms with Gasteiger partial charge in [-0.1, -0.05) is 29.8 Å². The molecule has 2 N–H and O–H groups in total. The molecule has 34 heavy (non-hydrogen) atoms. The van der Waals surface area contributed by atoms with Crippen LogP contribution in [0.3, 0.4) is 0 Å². The zero-order chi connectivity index (χ0) is 24.5. The molecule has 0 aliphatic rings. The minimum Gasteiger partial charge on any atom is -0.493 e. The van der Waals surface area contributed by atoms with Gasteiger partial charge >= 0.3 is 0 Å². The van der Waals surface area contributed by atoms with Gasteiger partial charge in [0.25, 0.3) is 5.56 Å². The summed E-state index contributed by atoms with van der Waals surface area (Å²) in [6, 6.07) is 14.0. The molecule has 0 amide bonds. The molecule has 0 saturated carbocycles. The Morgan fingerprint density at radius 2 is 1.85 bits per heavy atom. The van der Waals surface area contributed by atoms with Gasteiger partial charge < -0.3 is 29.4 Å². The fraction of sp³-hybridized carbons (Fsp3) is 0.385. The monoisotopic (exact) mass is 483 g/mol. The molecule has 0 aliphatic carbocycles. The van der Waals surface area contributed by atoms with Gasteiger partial charge in [0, 0.05) is 43.8 Å². The van der Waals surface area contributed by atoms with Crippen LogP contribution >= 0.6 is 12.2 Å². The minimum absolute atomic E-state index is 0.151. The number of benzene rings is 2. The van der Waals surface area contributed by atoms with E-state index in [4.69, 9.17) is 26.4 Å². The normalized spacial score (nSPS) is 10.8. The van der Waals surface area contributed by atoms with Crippen molar-refractivity contribution in [2.45, 2.75) is 26.3 Å². The highest BCUT2D eigenvalue weighted by atomic mass is 32.1. The highest BCUT2D eigenvalue weighted by Crippen LogP contribution is 2.31. The number of hydrogen-bond acceptors (Lipinski definition) is 5. The number of rotatable bonds is 11. The van der Waals surface area contributed by atoms with Crippen molar-refractivity contribution in [3.63, 3.8) is 0 Å². The molecule has 7 nitrogen and oxygen atoms in total. The van der Waals surface area contributed by atoms with Crippen molar-refractivity contribution in [3.05, 3.63) is 69.5 Å². The molecule has 0 fully saturated rings. The average Bonchev–Trinajstić information content (AvgIpc) is 2.83. The predicted octanol–water partition coefficient (Wildman–Crippen LogP) is 3.81. The van der Waals surface area contributed by atoms with E-state index in [1.807, 2.05) is 17.0 Å². The smallest absolute Gasteiger partial charge is 0.253 e. The van der Waals surface area contributed by atoms with E-state index in [0.717, 1.165) is 18.2 Å². The molecular weight excluding hydrogens is 450 g/mol. The molecule has 1 heterocycles. The highest BCUT2D eigenvalue weighted by molar-refractivity contribution is 7.80. The predicted molar refractivity (Wildman–Crippen MR) is 140 cm³/mol. The SMILES string of the molecule is COCCCNC(=S)N(CCc1cccc(C)c1)Cc1cc2cc(OC)c(OC)cc2[nH]c1=O. The lowest BCUT2D eigenvalue weighted by atomic mass is 10.1. The topological polar surface area (TPSA) is 75.8 Å². The van der Waals surface area contributed by atoms with Crippen molar-refractivity contribution in [2.24, 2.45) is 0 Å². The second-order valence-corrected chi connectivity index (χ2v) is 8.54. The van der Waals surface area contributed by atoms with Crippen LogP contribution in [0, 0.1) is 6.92 Å². The summed E-state index contributed by atoms with van der Waals surface area (Å²) in [5.74, 6) is 1.18. The Labute approximate surface area is 206 Å². The van der Waals surface area contributed by atoms with E-state index in [1.54, 1.807) is 27.4 Å². The Kier molecular flexibility index (Phi) is 9.30. The fourth-order valence-electron chi connectivity index (χ4n) is 3.81. The van der Waals surface area contributed by atoms with Gasteiger partial charge in [0.05, 0.1) is 26.3 Å². The first kappa shape index (κ1) is 25.5. The number of fused-ring (bicyclic) bond motifs is 1. The molecule has 182 valence electrons. The quantitative estimate of drug-likeness (QED) is 0.317. The zero-order valence-electron chi connectivity index (χ0n) is 20.3. The van der Waals surface area contributed by atoms with Gasteiger partial charge in [0.2, 0.25) is 0 Å². The zero-order valence-corrected chi connectivity index (χ0v) is 21.1. The first-order valence-electron chi connectivity index (χ1n) is 11.3. The summed E-state index contributed by atoms with van der Waals surface area (Å²) in [5, 5.41) is 4.79. The molecular formula is C26H33N3O4S. The molecule has 8 heteroatoms. The number of methoxy groups -OCH3 is 3. The summed E-state index contributed by atoms with van der Waals surface area (Å²) in [7, 11) is 4.85. The van der Waals surface area contributed by atoms with Crippen molar-refractivity contribution in [3.8, 4) is 11.5 Å². The van der Waals surface area contributed by atoms with Crippen LogP contribution in [0.5, 0.6) is 11.5 Å². The Bertz CT molecular complexity index is 1180. The molecule has 0 saturated heterocycles. The summed E-state index contributed by atoms with van der Waals surface area (Å²) in [6.45, 7) is 4.53. The van der Waals surface area contributed by atoms with Crippen molar-refractivity contribution < 1.29 is 14.2 Å². The largest absolute Gasteiger partial charge is 0.493 e. The van der Waals surface area contributed by atoms with E-state index in [9.17, 15) is 4.79 Å². The molecule has 0 radical (unpaired) electrons. The molecule has 2 aromatic carbocycles. The Morgan fingerprint density at radius 3 is 2.56 bits per heavy atom. The summed E-state index contributed by atoms with van der Waals surface area (Å²) in [6.07, 6.45) is 1.67. The fourth-order valence-corrected chi connectivity index (χ4v) is 4.07. The van der Waals surface area contributed by atoms with E-state index < -0.39 is 0 Å². The van der Waals surface area contributed by atoms with Crippen LogP contribution in [0.1, 0.15) is 23.1 Å². The van der Waals surface area contributed by atoms with Crippen LogP contribution in [-0.2, 0) is 17.7 Å². The summed E-state index contributed by atoms with van der Waals surface area (Å²) in [5.41, 5.74) is 3.63. The van der Waals surface area contributed by atoms with E-state index >= 15 is 0 Å². The van der Waals surface area contributed by atoms with Crippen LogP contribution < -0.4 is 20.3 Å². The maximum absolute atomic E-state index is 12.9. The Hall–Kier alpha value is -3.10. The number of aromatic amines is 1. The van der Waals surface area contributed by atoms with Crippen molar-refractivity contribution >= 4 is 28.2 Å². The highest BCUT2D eigenvalue weighted by Gasteiger charge is 2.15. The molecule has 3 rings (SSSR count). The summed E-state index contributed by atoms with van der Waals surface area (Å²) < 4.78 is 15.9. The molecule has 3 aromatic rings. The van der Waals surface area contributed by atoms with Gasteiger partial charge in [-0.2, -0.15) is 0 Å². The number of hydrogen-bond donors (Lipinski definition) is 2. The van der Waals surface area contributed by atoms with Gasteiger partial charge in [-0.3, -0.25) is 4.79 Å². The van der Waals surface area contributed by atoms with Crippen LogP contribution in [0.15, 0.2) is 47.3 Å². The van der Waals surface area contributed by atoms with Gasteiger partial charge in [-0.25, -0.2) is 0 Å². The van der Waals surface area contributed by atoms with Gasteiger partial charge in [0.15, 0.2) is 16.6 Å². The molecule has 0 bridgehead atoms. The molecule has 1 aromatic heterocycles. The molecule has 0 spiro atoms. The third-order valence-electron chi connectivity index (χ3n) is 5.63. The van der Waals surface area contributed by atoms with E-state index in [-0.39, 0.29) is 5.56 Å². The van der Waals surface area contributed by atoms with Crippen LogP contribution in [0.2, 0.25) is 0 Å². The Morgan fingerprint density at radius 1 is 1.09 bits per heavy atom. The number of pyridine rings is 1. The van der Waals surface area contributed by atoms with E-state index in [0.29, 0.717) is 53.9 Å². The average molecular weight is 484 g/mol. The van der Waals surface area contributed by atoms with E-state index in [2.05, 4.69) is 41.5 Å². The molecule has 0 aliphatic heterocycles. The minimum atomic E-state index is -0.151. The Balaban J connectivity index is 1.85. The number of nitrogens with one attached hydrogen (secondary N) is 2. The van der Waals surface area contributed by atoms with Crippen LogP contribution in [-0.4, -0.2) is 56.0 Å². The number of ether oxygens (including phenoxy) is 3. The van der Waals surface area contributed by atoms with Crippen LogP contribution in [0.4, 0.5) is 0 Å². The molecule has 0 unspecified atom stereocenters. The first-order valence-corrected chi connectivity index (χ1v) is 11.7. The summed E-state index contributed by atoms with van der Waals surface area (Å²) >= 11 is 5.70. The second kappa shape index (κ2) is 12.4. The summed E-state index contributed by atoms with van der Waals surface area (Å²) in [4.78, 5) is 17.9. The van der Waals surface area contributed by atoms with Crippen molar-refractivity contribution in [2.75, 3.05) is 41.0 Å². The van der Waals surface area contributed by atoms with E-state index in [1.165, 1.54) is 11.1 Å². The third kappa shape index (κ3) is 6.71. The van der Waals surface area contributed by atoms with Crippen molar-refractivity contribution in [1.82, 2.24) is 15.2 Å². The maximum Gasteiger partial charge on any atom is 0.253 e. The third-order valence-corrected chi connectivity index (χ3v) is 6.03. The standard InChI is InChI=1S/C26H33N3O4S/c1-18-7-5-8-19(13-18)9-11-29(26(34)27-10-6-12-31-2)17-21-14-20-15-23(32-3)24(33-4)16-22(20)28-25(21)30/h5,7-8,13-16H,6,9-12,17H2,1-4H3,(H,27,34)(H,28,30). The first-order chi connectivity index (χ1) is 16.4.